The van der Waals surface area contributed by atoms with Crippen molar-refractivity contribution < 1.29 is 27.5 Å². The van der Waals surface area contributed by atoms with Crippen LogP contribution >= 0.6 is 22.7 Å². The number of carbonyl (C=O) groups excluding carboxylic acids is 3. The van der Waals surface area contributed by atoms with Gasteiger partial charge in [0.25, 0.3) is 15.9 Å². The van der Waals surface area contributed by atoms with Crippen molar-refractivity contribution in [1.82, 2.24) is 14.1 Å². The molecule has 0 unspecified atom stereocenters. The Bertz CT molecular complexity index is 1100. The number of hydrogen-bond acceptors (Lipinski definition) is 8. The quantitative estimate of drug-likeness (QED) is 0.583. The summed E-state index contributed by atoms with van der Waals surface area (Å²) in [6.45, 7) is 1.37. The maximum absolute atomic E-state index is 13.1. The predicted octanol–water partition coefficient (Wildman–Crippen LogP) is 1.73. The molecule has 2 fully saturated rings. The first-order valence-electron chi connectivity index (χ1n) is 10.1. The Morgan fingerprint density at radius 2 is 1.84 bits per heavy atom. The standard InChI is InChI=1S/C20H23N3O6S3/c1-29-20(26)14-12-17(31-13-14)32(27,28)22-9-7-21(8-10-22)18(24)15-4-2-6-23(15)19(25)16-5-3-11-30-16/h3,5,11-13,15H,2,4,6-10H2,1H3/t15-/m0/s1. The zero-order valence-electron chi connectivity index (χ0n) is 17.4. The molecule has 2 saturated heterocycles. The lowest BCUT2D eigenvalue weighted by molar-refractivity contribution is -0.136. The van der Waals surface area contributed by atoms with Gasteiger partial charge in [0.05, 0.1) is 17.6 Å². The Kier molecular flexibility index (Phi) is 6.65. The van der Waals surface area contributed by atoms with Crippen LogP contribution < -0.4 is 0 Å². The maximum atomic E-state index is 13.1. The monoisotopic (exact) mass is 497 g/mol. The number of nitrogens with zero attached hydrogens (tertiary/aromatic N) is 3. The summed E-state index contributed by atoms with van der Waals surface area (Å²) in [6, 6.07) is 4.38. The molecule has 4 rings (SSSR count). The van der Waals surface area contributed by atoms with Gasteiger partial charge >= 0.3 is 5.97 Å². The van der Waals surface area contributed by atoms with Crippen LogP contribution in [-0.2, 0) is 19.6 Å². The normalized spacial score (nSPS) is 19.8. The highest BCUT2D eigenvalue weighted by atomic mass is 32.2. The molecule has 1 atom stereocenters. The fourth-order valence-electron chi connectivity index (χ4n) is 3.97. The molecule has 2 aromatic heterocycles. The van der Waals surface area contributed by atoms with Crippen LogP contribution in [0.2, 0.25) is 0 Å². The van der Waals surface area contributed by atoms with Crippen LogP contribution in [-0.4, -0.2) is 86.2 Å². The zero-order valence-corrected chi connectivity index (χ0v) is 19.9. The summed E-state index contributed by atoms with van der Waals surface area (Å²) in [5, 5.41) is 3.29. The van der Waals surface area contributed by atoms with Crippen molar-refractivity contribution in [2.75, 3.05) is 39.8 Å². The van der Waals surface area contributed by atoms with E-state index in [2.05, 4.69) is 4.74 Å². The lowest BCUT2D eigenvalue weighted by atomic mass is 10.1. The number of esters is 1. The third-order valence-corrected chi connectivity index (χ3v) is 9.84. The molecule has 9 nitrogen and oxygen atoms in total. The number of carbonyl (C=O) groups is 3. The third kappa shape index (κ3) is 4.32. The van der Waals surface area contributed by atoms with E-state index < -0.39 is 22.0 Å². The van der Waals surface area contributed by atoms with Gasteiger partial charge in [0.15, 0.2) is 0 Å². The molecule has 2 aromatic rings. The lowest BCUT2D eigenvalue weighted by Gasteiger charge is -2.36. The van der Waals surface area contributed by atoms with Crippen molar-refractivity contribution in [1.29, 1.82) is 0 Å². The molecule has 0 spiro atoms. The molecule has 12 heteroatoms. The molecule has 0 aromatic carbocycles. The molecular weight excluding hydrogens is 474 g/mol. The topological polar surface area (TPSA) is 104 Å². The Morgan fingerprint density at radius 1 is 1.09 bits per heavy atom. The summed E-state index contributed by atoms with van der Waals surface area (Å²) in [7, 11) is -2.52. The molecular formula is C20H23N3O6S3. The molecule has 32 heavy (non-hydrogen) atoms. The van der Waals surface area contributed by atoms with Crippen LogP contribution in [0, 0.1) is 0 Å². The number of sulfonamides is 1. The molecule has 2 aliphatic heterocycles. The summed E-state index contributed by atoms with van der Waals surface area (Å²) in [5.74, 6) is -0.846. The molecule has 0 saturated carbocycles. The minimum absolute atomic E-state index is 0.0705. The Morgan fingerprint density at radius 3 is 2.50 bits per heavy atom. The SMILES string of the molecule is COC(=O)c1csc(S(=O)(=O)N2CCN(C(=O)[C@@H]3CCCN3C(=O)c3cccs3)CC2)c1. The van der Waals surface area contributed by atoms with Crippen LogP contribution in [0.15, 0.2) is 33.2 Å². The van der Waals surface area contributed by atoms with Crippen LogP contribution in [0.25, 0.3) is 0 Å². The fourth-order valence-corrected chi connectivity index (χ4v) is 7.37. The van der Waals surface area contributed by atoms with Crippen molar-refractivity contribution in [3.63, 3.8) is 0 Å². The lowest BCUT2D eigenvalue weighted by Crippen LogP contribution is -2.55. The van der Waals surface area contributed by atoms with E-state index in [4.69, 9.17) is 0 Å². The van der Waals surface area contributed by atoms with Gasteiger partial charge in [-0.15, -0.1) is 22.7 Å². The van der Waals surface area contributed by atoms with Gasteiger partial charge in [0, 0.05) is 38.1 Å². The summed E-state index contributed by atoms with van der Waals surface area (Å²) in [6.07, 6.45) is 1.38. The smallest absolute Gasteiger partial charge is 0.338 e. The second-order valence-corrected chi connectivity index (χ2v) is 11.5. The average Bonchev–Trinajstić information content (AvgIpc) is 3.58. The van der Waals surface area contributed by atoms with Crippen molar-refractivity contribution >= 4 is 50.5 Å². The van der Waals surface area contributed by atoms with Gasteiger partial charge < -0.3 is 14.5 Å². The molecule has 172 valence electrons. The number of likely N-dealkylation sites (tertiary alicyclic amines) is 1. The number of thiophene rings is 2. The number of amides is 2. The van der Waals surface area contributed by atoms with Crippen molar-refractivity contribution in [2.24, 2.45) is 0 Å². The van der Waals surface area contributed by atoms with E-state index in [-0.39, 0.29) is 47.8 Å². The first kappa shape index (κ1) is 22.9. The number of rotatable bonds is 5. The van der Waals surface area contributed by atoms with Gasteiger partial charge in [-0.05, 0) is 30.4 Å². The fraction of sp³-hybridized carbons (Fsp3) is 0.450. The van der Waals surface area contributed by atoms with Crippen LogP contribution in [0.5, 0.6) is 0 Å². The zero-order chi connectivity index (χ0) is 22.9. The van der Waals surface area contributed by atoms with E-state index in [1.165, 1.54) is 34.2 Å². The number of ether oxygens (including phenoxy) is 1. The highest BCUT2D eigenvalue weighted by Crippen LogP contribution is 2.27. The summed E-state index contributed by atoms with van der Waals surface area (Å²) >= 11 is 2.32. The van der Waals surface area contributed by atoms with E-state index in [9.17, 15) is 22.8 Å². The van der Waals surface area contributed by atoms with Crippen molar-refractivity contribution in [3.05, 3.63) is 39.4 Å². The largest absolute Gasteiger partial charge is 0.465 e. The maximum Gasteiger partial charge on any atom is 0.338 e. The van der Waals surface area contributed by atoms with Crippen molar-refractivity contribution in [3.8, 4) is 0 Å². The number of hydrogen-bond donors (Lipinski definition) is 0. The van der Waals surface area contributed by atoms with E-state index in [1.807, 2.05) is 11.4 Å². The first-order valence-corrected chi connectivity index (χ1v) is 13.3. The van der Waals surface area contributed by atoms with Gasteiger partial charge in [0.2, 0.25) is 5.91 Å². The average molecular weight is 498 g/mol. The predicted molar refractivity (Wildman–Crippen MR) is 119 cm³/mol. The molecule has 0 N–H and O–H groups in total. The van der Waals surface area contributed by atoms with Gasteiger partial charge in [0.1, 0.15) is 10.3 Å². The Hall–Kier alpha value is -2.28. The van der Waals surface area contributed by atoms with Gasteiger partial charge in [-0.25, -0.2) is 13.2 Å². The summed E-state index contributed by atoms with van der Waals surface area (Å²) < 4.78 is 31.9. The van der Waals surface area contributed by atoms with Crippen LogP contribution in [0.4, 0.5) is 0 Å². The second kappa shape index (κ2) is 9.30. The van der Waals surface area contributed by atoms with E-state index in [0.29, 0.717) is 17.8 Å². The molecule has 4 heterocycles. The van der Waals surface area contributed by atoms with Gasteiger partial charge in [-0.1, -0.05) is 6.07 Å². The minimum atomic E-state index is -3.76. The number of methoxy groups -OCH3 is 1. The van der Waals surface area contributed by atoms with E-state index >= 15 is 0 Å². The highest BCUT2D eigenvalue weighted by molar-refractivity contribution is 7.91. The first-order chi connectivity index (χ1) is 15.3. The highest BCUT2D eigenvalue weighted by Gasteiger charge is 2.39. The van der Waals surface area contributed by atoms with Crippen molar-refractivity contribution in [2.45, 2.75) is 23.1 Å². The van der Waals surface area contributed by atoms with Gasteiger partial charge in [-0.3, -0.25) is 9.59 Å². The molecule has 2 aliphatic rings. The third-order valence-electron chi connectivity index (χ3n) is 5.67. The molecule has 2 amide bonds. The number of piperazine rings is 1. The Balaban J connectivity index is 1.39. The molecule has 0 radical (unpaired) electrons. The van der Waals surface area contributed by atoms with Gasteiger partial charge in [-0.2, -0.15) is 4.31 Å². The van der Waals surface area contributed by atoms with Crippen LogP contribution in [0.1, 0.15) is 32.9 Å². The molecule has 0 aliphatic carbocycles. The van der Waals surface area contributed by atoms with Crippen LogP contribution in [0.3, 0.4) is 0 Å². The second-order valence-electron chi connectivity index (χ2n) is 7.51. The Labute approximate surface area is 194 Å². The summed E-state index contributed by atoms with van der Waals surface area (Å²) in [5.41, 5.74) is 0.196. The van der Waals surface area contributed by atoms with E-state index in [1.54, 1.807) is 15.9 Å². The minimum Gasteiger partial charge on any atom is -0.465 e. The molecule has 0 bridgehead atoms. The summed E-state index contributed by atoms with van der Waals surface area (Å²) in [4.78, 5) is 41.4. The van der Waals surface area contributed by atoms with E-state index in [0.717, 1.165) is 17.8 Å².